The van der Waals surface area contributed by atoms with Gasteiger partial charge in [0.15, 0.2) is 0 Å². The summed E-state index contributed by atoms with van der Waals surface area (Å²) >= 11 is 8.42. The van der Waals surface area contributed by atoms with Gasteiger partial charge in [0.05, 0.1) is 5.02 Å². The summed E-state index contributed by atoms with van der Waals surface area (Å²) < 4.78 is 41.1. The van der Waals surface area contributed by atoms with E-state index in [4.69, 9.17) is 11.6 Å². The molecule has 0 amide bonds. The molecule has 14 heavy (non-hydrogen) atoms. The topological polar surface area (TPSA) is 9.23 Å². The van der Waals surface area contributed by atoms with E-state index in [1.807, 2.05) is 0 Å². The maximum atomic E-state index is 13.2. The number of ether oxygens (including phenoxy) is 1. The number of rotatable bonds is 3. The minimum Gasteiger partial charge on any atom is -0.434 e. The minimum atomic E-state index is -2.98. The molecule has 0 bridgehead atoms. The largest absolute Gasteiger partial charge is 0.434 e. The molecule has 0 aromatic heterocycles. The molecule has 0 atom stereocenters. The van der Waals surface area contributed by atoms with Crippen LogP contribution >= 0.6 is 27.5 Å². The van der Waals surface area contributed by atoms with Crippen LogP contribution < -0.4 is 4.74 Å². The van der Waals surface area contributed by atoms with Gasteiger partial charge in [0.2, 0.25) is 0 Å². The van der Waals surface area contributed by atoms with Gasteiger partial charge in [-0.25, -0.2) is 4.39 Å². The fourth-order valence-corrected chi connectivity index (χ4v) is 1.61. The molecular formula is C8H5BrClF3O. The van der Waals surface area contributed by atoms with Gasteiger partial charge in [-0.3, -0.25) is 0 Å². The van der Waals surface area contributed by atoms with Crippen LogP contribution in [0.5, 0.6) is 5.75 Å². The number of hydrogen-bond donors (Lipinski definition) is 0. The molecule has 1 nitrogen and oxygen atoms in total. The highest BCUT2D eigenvalue weighted by atomic mass is 79.9. The van der Waals surface area contributed by atoms with Crippen molar-refractivity contribution in [3.8, 4) is 5.75 Å². The number of alkyl halides is 3. The van der Waals surface area contributed by atoms with Gasteiger partial charge < -0.3 is 4.74 Å². The van der Waals surface area contributed by atoms with E-state index in [-0.39, 0.29) is 21.7 Å². The summed E-state index contributed by atoms with van der Waals surface area (Å²) in [4.78, 5) is 0. The zero-order valence-corrected chi connectivity index (χ0v) is 9.08. The summed E-state index contributed by atoms with van der Waals surface area (Å²) in [5, 5.41) is -0.0670. The van der Waals surface area contributed by atoms with Gasteiger partial charge in [0, 0.05) is 10.9 Å². The Labute approximate surface area is 91.9 Å². The van der Waals surface area contributed by atoms with Gasteiger partial charge in [-0.1, -0.05) is 27.5 Å². The molecule has 0 aliphatic carbocycles. The summed E-state index contributed by atoms with van der Waals surface area (Å²) in [5.74, 6) is -0.958. The molecule has 0 aliphatic rings. The first-order valence-corrected chi connectivity index (χ1v) is 5.04. The standard InChI is InChI=1S/C8H5BrClF3O/c9-3-4-6(14-8(12)13)2-1-5(10)7(4)11/h1-2,8H,3H2. The molecule has 1 aromatic carbocycles. The van der Waals surface area contributed by atoms with Crippen LogP contribution in [-0.4, -0.2) is 6.61 Å². The Morgan fingerprint density at radius 3 is 2.57 bits per heavy atom. The fourth-order valence-electron chi connectivity index (χ4n) is 0.906. The molecule has 0 spiro atoms. The minimum absolute atomic E-state index is 0.0159. The Morgan fingerprint density at radius 1 is 1.43 bits per heavy atom. The van der Waals surface area contributed by atoms with E-state index in [2.05, 4.69) is 20.7 Å². The first kappa shape index (κ1) is 11.7. The second-order valence-corrected chi connectivity index (χ2v) is 3.32. The Bertz CT molecular complexity index is 333. The monoisotopic (exact) mass is 288 g/mol. The molecule has 0 radical (unpaired) electrons. The quantitative estimate of drug-likeness (QED) is 0.765. The maximum Gasteiger partial charge on any atom is 0.387 e. The van der Waals surface area contributed by atoms with Crippen molar-refractivity contribution >= 4 is 27.5 Å². The highest BCUT2D eigenvalue weighted by Gasteiger charge is 2.15. The maximum absolute atomic E-state index is 13.2. The molecule has 1 rings (SSSR count). The Morgan fingerprint density at radius 2 is 2.07 bits per heavy atom. The zero-order valence-electron chi connectivity index (χ0n) is 6.74. The smallest absolute Gasteiger partial charge is 0.387 e. The lowest BCUT2D eigenvalue weighted by atomic mass is 10.2. The van der Waals surface area contributed by atoms with Crippen molar-refractivity contribution in [1.29, 1.82) is 0 Å². The van der Waals surface area contributed by atoms with Crippen LogP contribution in [-0.2, 0) is 5.33 Å². The molecule has 0 unspecified atom stereocenters. The van der Waals surface area contributed by atoms with Gasteiger partial charge in [-0.15, -0.1) is 0 Å². The molecule has 0 saturated heterocycles. The van der Waals surface area contributed by atoms with E-state index in [1.165, 1.54) is 12.1 Å². The second-order valence-electron chi connectivity index (χ2n) is 2.35. The van der Waals surface area contributed by atoms with Crippen LogP contribution in [0.1, 0.15) is 5.56 Å². The zero-order chi connectivity index (χ0) is 10.7. The molecule has 1 aromatic rings. The van der Waals surface area contributed by atoms with Gasteiger partial charge >= 0.3 is 6.61 Å². The lowest BCUT2D eigenvalue weighted by Crippen LogP contribution is -2.05. The molecule has 0 N–H and O–H groups in total. The lowest BCUT2D eigenvalue weighted by molar-refractivity contribution is -0.0504. The predicted octanol–water partition coefficient (Wildman–Crippen LogP) is 3.98. The highest BCUT2D eigenvalue weighted by molar-refractivity contribution is 9.08. The SMILES string of the molecule is Fc1c(Cl)ccc(OC(F)F)c1CBr. The number of benzene rings is 1. The Hall–Kier alpha value is -0.420. The van der Waals surface area contributed by atoms with E-state index in [1.54, 1.807) is 0 Å². The molecular weight excluding hydrogens is 284 g/mol. The van der Waals surface area contributed by atoms with Crippen molar-refractivity contribution in [2.24, 2.45) is 0 Å². The van der Waals surface area contributed by atoms with Crippen LogP contribution in [0.3, 0.4) is 0 Å². The molecule has 6 heteroatoms. The third-order valence-corrected chi connectivity index (χ3v) is 2.36. The van der Waals surface area contributed by atoms with Crippen LogP contribution in [0.4, 0.5) is 13.2 Å². The molecule has 78 valence electrons. The average Bonchev–Trinajstić information content (AvgIpc) is 2.11. The first-order chi connectivity index (χ1) is 6.56. The predicted molar refractivity (Wildman–Crippen MR) is 50.7 cm³/mol. The van der Waals surface area contributed by atoms with Crippen LogP contribution in [0.15, 0.2) is 12.1 Å². The van der Waals surface area contributed by atoms with Gasteiger partial charge in [0.1, 0.15) is 11.6 Å². The summed E-state index contributed by atoms with van der Waals surface area (Å²) in [6.45, 7) is -2.98. The lowest BCUT2D eigenvalue weighted by Gasteiger charge is -2.10. The molecule has 0 heterocycles. The fraction of sp³-hybridized carbons (Fsp3) is 0.250. The highest BCUT2D eigenvalue weighted by Crippen LogP contribution is 2.30. The summed E-state index contributed by atoms with van der Waals surface area (Å²) in [5.41, 5.74) is -0.0159. The molecule has 0 fully saturated rings. The second kappa shape index (κ2) is 4.89. The Balaban J connectivity index is 3.10. The third kappa shape index (κ3) is 2.54. The van der Waals surface area contributed by atoms with Crippen molar-refractivity contribution in [3.05, 3.63) is 28.5 Å². The van der Waals surface area contributed by atoms with Gasteiger partial charge in [-0.2, -0.15) is 8.78 Å². The van der Waals surface area contributed by atoms with E-state index in [0.29, 0.717) is 0 Å². The van der Waals surface area contributed by atoms with Crippen molar-refractivity contribution < 1.29 is 17.9 Å². The average molecular weight is 289 g/mol. The number of hydrogen-bond acceptors (Lipinski definition) is 1. The summed E-state index contributed by atoms with van der Waals surface area (Å²) in [6.07, 6.45) is 0. The third-order valence-electron chi connectivity index (χ3n) is 1.50. The van der Waals surface area contributed by atoms with E-state index in [9.17, 15) is 13.2 Å². The van der Waals surface area contributed by atoms with E-state index < -0.39 is 12.4 Å². The van der Waals surface area contributed by atoms with Crippen molar-refractivity contribution in [3.63, 3.8) is 0 Å². The summed E-state index contributed by atoms with van der Waals surface area (Å²) in [6, 6.07) is 2.37. The van der Waals surface area contributed by atoms with Gasteiger partial charge in [0.25, 0.3) is 0 Å². The molecule has 0 saturated carbocycles. The van der Waals surface area contributed by atoms with Crippen LogP contribution in [0.25, 0.3) is 0 Å². The van der Waals surface area contributed by atoms with Crippen LogP contribution in [0, 0.1) is 5.82 Å². The van der Waals surface area contributed by atoms with Crippen molar-refractivity contribution in [2.75, 3.05) is 0 Å². The van der Waals surface area contributed by atoms with Crippen LogP contribution in [0.2, 0.25) is 5.02 Å². The summed E-state index contributed by atoms with van der Waals surface area (Å²) in [7, 11) is 0. The normalized spacial score (nSPS) is 10.7. The Kier molecular flexibility index (Phi) is 4.07. The molecule has 0 aliphatic heterocycles. The van der Waals surface area contributed by atoms with E-state index >= 15 is 0 Å². The number of halogens is 5. The van der Waals surface area contributed by atoms with E-state index in [0.717, 1.165) is 0 Å². The van der Waals surface area contributed by atoms with Gasteiger partial charge in [-0.05, 0) is 12.1 Å². The van der Waals surface area contributed by atoms with Crippen molar-refractivity contribution in [2.45, 2.75) is 11.9 Å². The first-order valence-electron chi connectivity index (χ1n) is 3.54. The van der Waals surface area contributed by atoms with Crippen molar-refractivity contribution in [1.82, 2.24) is 0 Å².